The number of aliphatic hydroxyl groups is 4. The Morgan fingerprint density at radius 2 is 0.857 bits per heavy atom. The zero-order chi connectivity index (χ0) is 12.2. The summed E-state index contributed by atoms with van der Waals surface area (Å²) >= 11 is 0. The van der Waals surface area contributed by atoms with Crippen molar-refractivity contribution in [2.45, 2.75) is 65.0 Å². The second-order valence-electron chi connectivity index (χ2n) is 4.60. The first-order valence-corrected chi connectivity index (χ1v) is 4.70. The molecule has 0 fully saturated rings. The molecule has 2 unspecified atom stereocenters. The molecule has 0 saturated carbocycles. The van der Waals surface area contributed by atoms with Crippen LogP contribution in [0.3, 0.4) is 0 Å². The van der Waals surface area contributed by atoms with E-state index in [0.29, 0.717) is 0 Å². The van der Waals surface area contributed by atoms with Gasteiger partial charge in [0.1, 0.15) is 0 Å². The van der Waals surface area contributed by atoms with Gasteiger partial charge in [0.2, 0.25) is 0 Å². The topological polar surface area (TPSA) is 80.9 Å². The van der Waals surface area contributed by atoms with Gasteiger partial charge in [0.15, 0.2) is 0 Å². The molecule has 0 bridgehead atoms. The van der Waals surface area contributed by atoms with Crippen molar-refractivity contribution < 1.29 is 20.4 Å². The minimum Gasteiger partial charge on any atom is -0.391 e. The Morgan fingerprint density at radius 1 is 0.714 bits per heavy atom. The van der Waals surface area contributed by atoms with Gasteiger partial charge in [-0.05, 0) is 41.5 Å². The van der Waals surface area contributed by atoms with Gasteiger partial charge in [0.25, 0.3) is 0 Å². The van der Waals surface area contributed by atoms with Gasteiger partial charge >= 0.3 is 0 Å². The van der Waals surface area contributed by atoms with Gasteiger partial charge in [0, 0.05) is 0 Å². The number of hydrogen-bond donors (Lipinski definition) is 4. The first kappa shape index (κ1) is 16.3. The quantitative estimate of drug-likeness (QED) is 0.525. The molecule has 0 radical (unpaired) electrons. The highest BCUT2D eigenvalue weighted by Crippen LogP contribution is 2.19. The van der Waals surface area contributed by atoms with Crippen molar-refractivity contribution >= 4 is 0 Å². The fourth-order valence-corrected chi connectivity index (χ4v) is 0. The van der Waals surface area contributed by atoms with Crippen LogP contribution in [0.1, 0.15) is 41.5 Å². The fourth-order valence-electron chi connectivity index (χ4n) is 0. The summed E-state index contributed by atoms with van der Waals surface area (Å²) in [4.78, 5) is 0. The average molecular weight is 208 g/mol. The van der Waals surface area contributed by atoms with E-state index < -0.39 is 23.4 Å². The maximum absolute atomic E-state index is 9.10. The van der Waals surface area contributed by atoms with Crippen molar-refractivity contribution in [3.8, 4) is 0 Å². The van der Waals surface area contributed by atoms with Gasteiger partial charge in [-0.1, -0.05) is 0 Å². The summed E-state index contributed by atoms with van der Waals surface area (Å²) < 4.78 is 0. The van der Waals surface area contributed by atoms with Crippen molar-refractivity contribution in [2.75, 3.05) is 0 Å². The lowest BCUT2D eigenvalue weighted by molar-refractivity contribution is -0.107. The van der Waals surface area contributed by atoms with Crippen LogP contribution in [0.25, 0.3) is 0 Å². The molecule has 0 amide bonds. The molecule has 0 spiro atoms. The molecule has 0 aliphatic carbocycles. The van der Waals surface area contributed by atoms with Crippen LogP contribution in [0, 0.1) is 0 Å². The SMILES string of the molecule is CC(C)(O)C(C)(C)O.CC(O)C(C)O. The van der Waals surface area contributed by atoms with E-state index in [2.05, 4.69) is 0 Å². The Balaban J connectivity index is 0. The third-order valence-corrected chi connectivity index (χ3v) is 2.20. The lowest BCUT2D eigenvalue weighted by Gasteiger charge is -2.31. The Morgan fingerprint density at radius 3 is 0.857 bits per heavy atom. The highest BCUT2D eigenvalue weighted by Gasteiger charge is 2.31. The molecule has 14 heavy (non-hydrogen) atoms. The summed E-state index contributed by atoms with van der Waals surface area (Å²) in [7, 11) is 0. The van der Waals surface area contributed by atoms with Gasteiger partial charge in [-0.3, -0.25) is 0 Å². The molecule has 0 aromatic heterocycles. The summed E-state index contributed by atoms with van der Waals surface area (Å²) in [5, 5.41) is 35.0. The van der Waals surface area contributed by atoms with Crippen LogP contribution in [-0.4, -0.2) is 43.8 Å². The summed E-state index contributed by atoms with van der Waals surface area (Å²) in [6, 6.07) is 0. The molecule has 4 nitrogen and oxygen atoms in total. The molecule has 4 heteroatoms. The maximum Gasteiger partial charge on any atom is 0.0872 e. The van der Waals surface area contributed by atoms with Gasteiger partial charge in [-0.15, -0.1) is 0 Å². The van der Waals surface area contributed by atoms with Crippen LogP contribution < -0.4 is 0 Å². The molecule has 0 aliphatic rings. The van der Waals surface area contributed by atoms with Crippen LogP contribution >= 0.6 is 0 Å². The Hall–Kier alpha value is -0.160. The van der Waals surface area contributed by atoms with E-state index in [1.807, 2.05) is 0 Å². The summed E-state index contributed by atoms with van der Waals surface area (Å²) in [5.74, 6) is 0. The second kappa shape index (κ2) is 5.66. The fraction of sp³-hybridized carbons (Fsp3) is 1.00. The molecule has 0 aliphatic heterocycles. The normalized spacial score (nSPS) is 16.7. The van der Waals surface area contributed by atoms with Crippen LogP contribution in [0.4, 0.5) is 0 Å². The average Bonchev–Trinajstić information content (AvgIpc) is 1.83. The molecule has 2 atom stereocenters. The number of rotatable bonds is 2. The van der Waals surface area contributed by atoms with Crippen molar-refractivity contribution in [3.05, 3.63) is 0 Å². The zero-order valence-corrected chi connectivity index (χ0v) is 9.94. The smallest absolute Gasteiger partial charge is 0.0872 e. The molecule has 0 rings (SSSR count). The minimum atomic E-state index is -1.01. The standard InChI is InChI=1S/C6H14O2.C4H10O2/c1-5(2,7)6(3,4)8;1-3(5)4(2)6/h7-8H,1-4H3;3-6H,1-2H3. The van der Waals surface area contributed by atoms with Crippen molar-refractivity contribution in [3.63, 3.8) is 0 Å². The molecule has 0 heterocycles. The predicted octanol–water partition coefficient (Wildman–Crippen LogP) is 0.276. The Bertz CT molecular complexity index is 121. The maximum atomic E-state index is 9.10. The van der Waals surface area contributed by atoms with Crippen LogP contribution in [0.2, 0.25) is 0 Å². The Kier molecular flexibility index (Phi) is 6.58. The lowest BCUT2D eigenvalue weighted by Crippen LogP contribution is -2.44. The van der Waals surface area contributed by atoms with Gasteiger partial charge < -0.3 is 20.4 Å². The van der Waals surface area contributed by atoms with Crippen molar-refractivity contribution in [1.29, 1.82) is 0 Å². The van der Waals surface area contributed by atoms with Crippen LogP contribution in [0.5, 0.6) is 0 Å². The number of hydrogen-bond acceptors (Lipinski definition) is 4. The van der Waals surface area contributed by atoms with Crippen LogP contribution in [-0.2, 0) is 0 Å². The van der Waals surface area contributed by atoms with Crippen molar-refractivity contribution in [2.24, 2.45) is 0 Å². The monoisotopic (exact) mass is 208 g/mol. The van der Waals surface area contributed by atoms with E-state index in [1.54, 1.807) is 41.5 Å². The third-order valence-electron chi connectivity index (χ3n) is 2.20. The molecule has 0 saturated heterocycles. The van der Waals surface area contributed by atoms with E-state index in [0.717, 1.165) is 0 Å². The van der Waals surface area contributed by atoms with E-state index in [9.17, 15) is 0 Å². The summed E-state index contributed by atoms with van der Waals surface area (Å²) in [6.45, 7) is 9.40. The zero-order valence-electron chi connectivity index (χ0n) is 9.94. The summed E-state index contributed by atoms with van der Waals surface area (Å²) in [5.41, 5.74) is -2.01. The highest BCUT2D eigenvalue weighted by atomic mass is 16.3. The molecule has 4 N–H and O–H groups in total. The molecular weight excluding hydrogens is 184 g/mol. The van der Waals surface area contributed by atoms with Gasteiger partial charge in [-0.2, -0.15) is 0 Å². The highest BCUT2D eigenvalue weighted by molar-refractivity contribution is 4.84. The molecule has 0 aromatic rings. The van der Waals surface area contributed by atoms with Crippen LogP contribution in [0.15, 0.2) is 0 Å². The van der Waals surface area contributed by atoms with E-state index in [4.69, 9.17) is 20.4 Å². The van der Waals surface area contributed by atoms with Crippen molar-refractivity contribution in [1.82, 2.24) is 0 Å². The first-order chi connectivity index (χ1) is 5.89. The van der Waals surface area contributed by atoms with Gasteiger partial charge in [0.05, 0.1) is 23.4 Å². The second-order valence-corrected chi connectivity index (χ2v) is 4.60. The molecular formula is C10H24O4. The number of aliphatic hydroxyl groups excluding tert-OH is 2. The van der Waals surface area contributed by atoms with Gasteiger partial charge in [-0.25, -0.2) is 0 Å². The molecule has 88 valence electrons. The predicted molar refractivity (Wildman–Crippen MR) is 56.0 cm³/mol. The minimum absolute atomic E-state index is 0.593. The summed E-state index contributed by atoms with van der Waals surface area (Å²) in [6.07, 6.45) is -1.19. The first-order valence-electron chi connectivity index (χ1n) is 4.70. The van der Waals surface area contributed by atoms with E-state index in [1.165, 1.54) is 0 Å². The largest absolute Gasteiger partial charge is 0.391 e. The lowest BCUT2D eigenvalue weighted by atomic mass is 9.90. The van der Waals surface area contributed by atoms with E-state index >= 15 is 0 Å². The third kappa shape index (κ3) is 8.44. The molecule has 0 aromatic carbocycles. The Labute approximate surface area is 86.2 Å². The van der Waals surface area contributed by atoms with E-state index in [-0.39, 0.29) is 0 Å².